The van der Waals surface area contributed by atoms with Gasteiger partial charge in [0, 0.05) is 19.4 Å². The van der Waals surface area contributed by atoms with E-state index in [2.05, 4.69) is 20.9 Å². The maximum absolute atomic E-state index is 13.2. The zero-order valence-electron chi connectivity index (χ0n) is 34.4. The molecule has 0 atom stereocenters. The Kier molecular flexibility index (Phi) is 13.7. The Balaban J connectivity index is 0.000000177. The number of benzene rings is 4. The number of anilines is 2. The molecule has 9 rings (SSSR count). The number of hydrogen-bond acceptors (Lipinski definition) is 12. The van der Waals surface area contributed by atoms with E-state index in [1.54, 1.807) is 60.7 Å². The molecule has 5 heterocycles. The molecule has 6 amide bonds. The summed E-state index contributed by atoms with van der Waals surface area (Å²) in [6, 6.07) is 31.5. The van der Waals surface area contributed by atoms with Crippen molar-refractivity contribution in [2.24, 2.45) is 4.99 Å². The first kappa shape index (κ1) is 45.1. The van der Waals surface area contributed by atoms with Gasteiger partial charge in [0.1, 0.15) is 5.84 Å². The van der Waals surface area contributed by atoms with E-state index in [0.717, 1.165) is 70.3 Å². The van der Waals surface area contributed by atoms with Crippen LogP contribution in [0.15, 0.2) is 114 Å². The molecule has 0 unspecified atom stereocenters. The summed E-state index contributed by atoms with van der Waals surface area (Å²) < 4.78 is 0.983. The topological polar surface area (TPSA) is 181 Å². The number of nitrogens with zero attached hydrogens (tertiary/aromatic N) is 3. The molecular weight excluding hydrogens is 926 g/mol. The summed E-state index contributed by atoms with van der Waals surface area (Å²) in [7, 11) is 0. The number of carbonyl (C=O) groups excluding carboxylic acids is 6. The van der Waals surface area contributed by atoms with Crippen molar-refractivity contribution >= 4 is 115 Å². The number of aliphatic imine (C=N–C) groups is 1. The van der Waals surface area contributed by atoms with Crippen LogP contribution in [-0.4, -0.2) is 75.5 Å². The minimum absolute atomic E-state index is 0.126. The number of halogens is 2. The lowest BCUT2D eigenvalue weighted by Crippen LogP contribution is -2.29. The highest BCUT2D eigenvalue weighted by atomic mass is 35.5. The van der Waals surface area contributed by atoms with E-state index in [1.165, 1.54) is 21.6 Å². The van der Waals surface area contributed by atoms with Crippen LogP contribution in [0.25, 0.3) is 0 Å². The van der Waals surface area contributed by atoms with E-state index in [0.29, 0.717) is 41.3 Å². The predicted octanol–water partition coefficient (Wildman–Crippen LogP) is 9.33. The van der Waals surface area contributed by atoms with Crippen LogP contribution in [0.2, 0.25) is 8.67 Å². The smallest absolute Gasteiger partial charge is 0.265 e. The van der Waals surface area contributed by atoms with Gasteiger partial charge in [-0.25, -0.2) is 0 Å². The molecule has 0 fully saturated rings. The maximum Gasteiger partial charge on any atom is 0.265 e. The molecule has 0 saturated heterocycles. The molecule has 2 aromatic heterocycles. The summed E-state index contributed by atoms with van der Waals surface area (Å²) in [4.78, 5) is 84.9. The first-order chi connectivity index (χ1) is 31.4. The molecule has 328 valence electrons. The van der Waals surface area contributed by atoms with Gasteiger partial charge in [-0.2, -0.15) is 0 Å². The number of fused-ring (bicyclic) bond motifs is 2. The molecule has 3 aliphatic rings. The summed E-state index contributed by atoms with van der Waals surface area (Å²) in [5, 5.41) is 17.1. The molecule has 4 N–H and O–H groups in total. The van der Waals surface area contributed by atoms with Crippen LogP contribution in [0.4, 0.5) is 11.4 Å². The van der Waals surface area contributed by atoms with Crippen molar-refractivity contribution in [3.8, 4) is 0 Å². The number of hydrogen-bond donors (Lipinski definition) is 4. The lowest BCUT2D eigenvalue weighted by molar-refractivity contribution is 0.0627. The average molecular weight is 963 g/mol. The number of thioether (sulfide) groups is 1. The van der Waals surface area contributed by atoms with Crippen molar-refractivity contribution in [1.29, 1.82) is 5.41 Å². The van der Waals surface area contributed by atoms with Gasteiger partial charge in [0.25, 0.3) is 35.4 Å². The molecule has 13 nitrogen and oxygen atoms in total. The first-order valence-corrected chi connectivity index (χ1v) is 23.6. The third-order valence-electron chi connectivity index (χ3n) is 10.5. The van der Waals surface area contributed by atoms with Crippen molar-refractivity contribution < 1.29 is 28.8 Å². The number of imide groups is 2. The van der Waals surface area contributed by atoms with Crippen molar-refractivity contribution in [2.45, 2.75) is 25.9 Å². The van der Waals surface area contributed by atoms with Crippen LogP contribution in [0.3, 0.4) is 0 Å². The Bertz CT molecular complexity index is 2930. The minimum Gasteiger partial charge on any atom is -0.372 e. The second-order valence-electron chi connectivity index (χ2n) is 14.8. The molecule has 0 radical (unpaired) electrons. The zero-order chi connectivity index (χ0) is 45.8. The van der Waals surface area contributed by atoms with Crippen molar-refractivity contribution in [1.82, 2.24) is 15.1 Å². The highest BCUT2D eigenvalue weighted by Gasteiger charge is 2.39. The Morgan fingerprint density at radius 2 is 1.12 bits per heavy atom. The molecule has 65 heavy (non-hydrogen) atoms. The fourth-order valence-corrected chi connectivity index (χ4v) is 9.50. The molecule has 0 saturated carbocycles. The second-order valence-corrected chi connectivity index (χ2v) is 19.2. The van der Waals surface area contributed by atoms with Crippen LogP contribution in [-0.2, 0) is 25.9 Å². The maximum atomic E-state index is 13.2. The highest BCUT2D eigenvalue weighted by molar-refractivity contribution is 8.13. The monoisotopic (exact) mass is 961 g/mol. The van der Waals surface area contributed by atoms with E-state index in [1.807, 2.05) is 54.8 Å². The van der Waals surface area contributed by atoms with Gasteiger partial charge >= 0.3 is 0 Å². The minimum atomic E-state index is -0.446. The van der Waals surface area contributed by atoms with Crippen LogP contribution < -0.4 is 16.0 Å². The summed E-state index contributed by atoms with van der Waals surface area (Å²) in [6.07, 6.45) is 3.14. The number of carbonyl (C=O) groups is 6. The average Bonchev–Trinajstić information content (AvgIpc) is 4.16. The first-order valence-electron chi connectivity index (χ1n) is 20.0. The van der Waals surface area contributed by atoms with E-state index in [4.69, 9.17) is 28.6 Å². The number of amidine groups is 1. The third kappa shape index (κ3) is 10.1. The quantitative estimate of drug-likeness (QED) is 0.0532. The molecule has 0 bridgehead atoms. The normalized spacial score (nSPS) is 13.8. The van der Waals surface area contributed by atoms with Crippen LogP contribution in [0.5, 0.6) is 0 Å². The van der Waals surface area contributed by atoms with E-state index in [-0.39, 0.29) is 53.1 Å². The van der Waals surface area contributed by atoms with Crippen molar-refractivity contribution in [3.63, 3.8) is 0 Å². The molecular formula is C47H37Cl2N7O6S3. The van der Waals surface area contributed by atoms with Gasteiger partial charge in [0.2, 0.25) is 0 Å². The Morgan fingerprint density at radius 1 is 0.662 bits per heavy atom. The lowest BCUT2D eigenvalue weighted by atomic mass is 10.1. The Hall–Kier alpha value is -6.43. The van der Waals surface area contributed by atoms with Gasteiger partial charge in [-0.1, -0.05) is 83.9 Å². The van der Waals surface area contributed by atoms with Crippen molar-refractivity contribution in [3.05, 3.63) is 172 Å². The molecule has 3 aliphatic heterocycles. The van der Waals surface area contributed by atoms with Gasteiger partial charge < -0.3 is 16.0 Å². The number of nitrogens with one attached hydrogen (secondary N) is 4. The van der Waals surface area contributed by atoms with Crippen LogP contribution >= 0.6 is 57.6 Å². The van der Waals surface area contributed by atoms with Gasteiger partial charge in [0.05, 0.1) is 76.7 Å². The fourth-order valence-electron chi connectivity index (χ4n) is 7.31. The summed E-state index contributed by atoms with van der Waals surface area (Å²) >= 11 is 15.5. The molecule has 6 aromatic rings. The van der Waals surface area contributed by atoms with E-state index >= 15 is 0 Å². The molecule has 18 heteroatoms. The van der Waals surface area contributed by atoms with Crippen molar-refractivity contribution in [2.75, 3.05) is 30.0 Å². The summed E-state index contributed by atoms with van der Waals surface area (Å²) in [6.45, 7) is 1.95. The zero-order valence-corrected chi connectivity index (χ0v) is 38.4. The lowest BCUT2D eigenvalue weighted by Gasteiger charge is -2.14. The SMILES string of the molecule is CSC(=N)Cc1ccc(CN2C(=O)c3cccc(NC(=O)c4ccc(Cl)s4)c3C2=O)cc1.O=C(Nc1cccc2c1C(=O)N(Cc1ccc(CC3=NCCN3)cc1)C2=O)c1ccc(Cl)s1. The van der Waals surface area contributed by atoms with Gasteiger partial charge in [0.15, 0.2) is 0 Å². The molecule has 4 aromatic carbocycles. The molecule has 0 aliphatic carbocycles. The van der Waals surface area contributed by atoms with Crippen LogP contribution in [0.1, 0.15) is 83.0 Å². The Labute approximate surface area is 395 Å². The number of thiophene rings is 2. The third-order valence-corrected chi connectivity index (χ3v) is 13.6. The standard InChI is InChI=1S/C24H19ClN4O3S.C23H18ClN3O3S2/c25-19-9-8-18(33-19)22(30)28-17-3-1-2-16-21(17)24(32)29(23(16)31)13-15-6-4-14(5-7-15)12-20-26-10-11-27-20;1-31-19(25)11-13-5-7-14(8-6-13)12-27-22(29)15-3-2-4-16(20(15)23(27)30)26-21(28)17-9-10-18(24)32-17/h1-9H,10-13H2,(H,26,27)(H,28,30);2-10,25H,11-12H2,1H3,(H,26,28). The second kappa shape index (κ2) is 19.8. The largest absolute Gasteiger partial charge is 0.372 e. The number of amides is 6. The van der Waals surface area contributed by atoms with E-state index in [9.17, 15) is 28.8 Å². The van der Waals surface area contributed by atoms with Gasteiger partial charge in [-0.05, 0) is 77.0 Å². The van der Waals surface area contributed by atoms with Gasteiger partial charge in [-0.15, -0.1) is 34.4 Å². The Morgan fingerprint density at radius 3 is 1.54 bits per heavy atom. The highest BCUT2D eigenvalue weighted by Crippen LogP contribution is 2.33. The number of rotatable bonds is 12. The van der Waals surface area contributed by atoms with Crippen LogP contribution in [0, 0.1) is 5.41 Å². The van der Waals surface area contributed by atoms with E-state index < -0.39 is 17.7 Å². The fraction of sp³-hybridized carbons (Fsp3) is 0.149. The summed E-state index contributed by atoms with van der Waals surface area (Å²) in [5.74, 6) is -1.44. The molecule has 0 spiro atoms. The van der Waals surface area contributed by atoms with Gasteiger partial charge in [-0.3, -0.25) is 49.0 Å². The summed E-state index contributed by atoms with van der Waals surface area (Å²) in [5.41, 5.74) is 5.30. The predicted molar refractivity (Wildman–Crippen MR) is 258 cm³/mol.